The summed E-state index contributed by atoms with van der Waals surface area (Å²) in [5.74, 6) is 7.49. The van der Waals surface area contributed by atoms with Crippen molar-refractivity contribution in [1.82, 2.24) is 19.9 Å². The van der Waals surface area contributed by atoms with Crippen molar-refractivity contribution in [3.05, 3.63) is 94.4 Å². The standard InChI is InChI=1S/C27H30Cl2N6.C6H14N2.C2H4/c1-17(25-21(28)12-32-13-22(25)29)9-18-3-5-23(30)20(10-18)26(31)19-4-6-24(33-11-19)35-15-27(16-35)7-8-34(2)14-27;1-6-2-4-8(7)5-3-6;1-2/h3-6,10-13,17,31H,7-9,14-16,30H2,1-2H3;6H,2-5,7H2,1H3;1-2H2/t17-;;/m0../s1. The number of hydrogen-bond acceptors (Lipinski definition) is 8. The molecule has 3 fully saturated rings. The van der Waals surface area contributed by atoms with Crippen molar-refractivity contribution in [3.8, 4) is 0 Å². The Morgan fingerprint density at radius 3 is 2.27 bits per heavy atom. The van der Waals surface area contributed by atoms with Crippen LogP contribution in [-0.2, 0) is 6.42 Å². The number of hydrogen-bond donors (Lipinski definition) is 3. The maximum absolute atomic E-state index is 8.82. The average molecular weight is 652 g/mol. The van der Waals surface area contributed by atoms with Gasteiger partial charge in [0.15, 0.2) is 0 Å². The number of aromatic nitrogens is 2. The number of rotatable bonds is 6. The molecule has 1 aromatic carbocycles. The van der Waals surface area contributed by atoms with Gasteiger partial charge in [0.2, 0.25) is 0 Å². The van der Waals surface area contributed by atoms with E-state index in [4.69, 9.17) is 40.2 Å². The number of halogens is 2. The van der Waals surface area contributed by atoms with E-state index in [0.717, 1.165) is 54.6 Å². The molecule has 1 atom stereocenters. The van der Waals surface area contributed by atoms with Crippen LogP contribution in [0.5, 0.6) is 0 Å². The van der Waals surface area contributed by atoms with Gasteiger partial charge in [0.25, 0.3) is 0 Å². The van der Waals surface area contributed by atoms with Crippen LogP contribution in [0.25, 0.3) is 0 Å². The van der Waals surface area contributed by atoms with Gasteiger partial charge < -0.3 is 15.5 Å². The quantitative estimate of drug-likeness (QED) is 0.118. The lowest BCUT2D eigenvalue weighted by Crippen LogP contribution is -2.57. The van der Waals surface area contributed by atoms with Gasteiger partial charge in [-0.1, -0.05) is 43.1 Å². The van der Waals surface area contributed by atoms with Crippen molar-refractivity contribution in [2.24, 2.45) is 17.2 Å². The van der Waals surface area contributed by atoms with Gasteiger partial charge in [-0.05, 0) is 86.5 Å². The summed E-state index contributed by atoms with van der Waals surface area (Å²) in [7, 11) is 2.20. The van der Waals surface area contributed by atoms with E-state index in [2.05, 4.69) is 53.8 Å². The van der Waals surface area contributed by atoms with Crippen LogP contribution in [0, 0.1) is 16.7 Å². The SMILES string of the molecule is C=C.CC1CCN(N)CC1.C[C@@H](Cc1ccc(N)c(C(=N)c2ccc(N3CC4(CCN(C)C4)C3)nc2)c1)c1c(Cl)cncc1Cl. The molecule has 10 heteroatoms. The topological polar surface area (TPSA) is 111 Å². The first kappa shape index (κ1) is 34.9. The van der Waals surface area contributed by atoms with Crippen LogP contribution in [0.4, 0.5) is 11.5 Å². The van der Waals surface area contributed by atoms with Crippen molar-refractivity contribution in [2.45, 2.75) is 45.4 Å². The van der Waals surface area contributed by atoms with Crippen LogP contribution in [0.2, 0.25) is 10.0 Å². The molecule has 3 aromatic rings. The summed E-state index contributed by atoms with van der Waals surface area (Å²) in [6.07, 6.45) is 9.55. The fraction of sp³-hybridized carbons (Fsp3) is 0.457. The number of nitrogens with zero attached hydrogens (tertiary/aromatic N) is 5. The first-order chi connectivity index (χ1) is 21.5. The molecule has 0 radical (unpaired) electrons. The Bertz CT molecular complexity index is 1400. The summed E-state index contributed by atoms with van der Waals surface area (Å²) in [5.41, 5.74) is 11.1. The Hall–Kier alpha value is -3.01. The third-order valence-corrected chi connectivity index (χ3v) is 9.77. The zero-order chi connectivity index (χ0) is 32.7. The molecule has 0 aliphatic carbocycles. The molecule has 0 saturated carbocycles. The first-order valence-corrected chi connectivity index (χ1v) is 16.4. The van der Waals surface area contributed by atoms with E-state index >= 15 is 0 Å². The lowest BCUT2D eigenvalue weighted by atomic mass is 9.79. The number of hydrazine groups is 1. The number of nitrogens with one attached hydrogen (secondary N) is 1. The Labute approximate surface area is 278 Å². The summed E-state index contributed by atoms with van der Waals surface area (Å²) in [5, 5.41) is 11.9. The lowest BCUT2D eigenvalue weighted by Gasteiger charge is -2.48. The third-order valence-electron chi connectivity index (χ3n) is 9.17. The summed E-state index contributed by atoms with van der Waals surface area (Å²) >= 11 is 12.7. The molecular formula is C35H48Cl2N8. The molecule has 1 spiro atoms. The van der Waals surface area contributed by atoms with Gasteiger partial charge >= 0.3 is 0 Å². The smallest absolute Gasteiger partial charge is 0.128 e. The van der Waals surface area contributed by atoms with Gasteiger partial charge in [-0.2, -0.15) is 0 Å². The minimum Gasteiger partial charge on any atom is -0.398 e. The summed E-state index contributed by atoms with van der Waals surface area (Å²) in [6.45, 7) is 17.0. The van der Waals surface area contributed by atoms with E-state index in [9.17, 15) is 0 Å². The normalized spacial score (nSPS) is 18.8. The number of piperidine rings is 1. The van der Waals surface area contributed by atoms with Crippen molar-refractivity contribution in [3.63, 3.8) is 0 Å². The molecule has 8 nitrogen and oxygen atoms in total. The highest BCUT2D eigenvalue weighted by Gasteiger charge is 2.47. The monoisotopic (exact) mass is 650 g/mol. The van der Waals surface area contributed by atoms with Crippen LogP contribution >= 0.6 is 23.2 Å². The Balaban J connectivity index is 0.000000397. The molecule has 6 rings (SSSR count). The van der Waals surface area contributed by atoms with Gasteiger partial charge in [0.05, 0.1) is 15.8 Å². The minimum absolute atomic E-state index is 0.0871. The van der Waals surface area contributed by atoms with E-state index in [0.29, 0.717) is 38.8 Å². The number of nitrogen functional groups attached to an aromatic ring is 1. The van der Waals surface area contributed by atoms with Gasteiger partial charge in [-0.3, -0.25) is 16.2 Å². The van der Waals surface area contributed by atoms with E-state index in [1.165, 1.54) is 32.4 Å². The third kappa shape index (κ3) is 8.63. The van der Waals surface area contributed by atoms with E-state index < -0.39 is 0 Å². The number of anilines is 2. The molecule has 0 bridgehead atoms. The van der Waals surface area contributed by atoms with Crippen molar-refractivity contribution >= 4 is 40.4 Å². The number of pyridine rings is 2. The Kier molecular flexibility index (Phi) is 12.0. The Morgan fingerprint density at radius 2 is 1.71 bits per heavy atom. The fourth-order valence-electron chi connectivity index (χ4n) is 6.54. The first-order valence-electron chi connectivity index (χ1n) is 15.7. The van der Waals surface area contributed by atoms with Crippen LogP contribution in [0.1, 0.15) is 61.3 Å². The zero-order valence-corrected chi connectivity index (χ0v) is 28.4. The maximum Gasteiger partial charge on any atom is 0.128 e. The van der Waals surface area contributed by atoms with Crippen LogP contribution in [-0.4, -0.2) is 71.9 Å². The molecule has 242 valence electrons. The predicted molar refractivity (Wildman–Crippen MR) is 190 cm³/mol. The highest BCUT2D eigenvalue weighted by atomic mass is 35.5. The second kappa shape index (κ2) is 15.5. The molecular weight excluding hydrogens is 603 g/mol. The van der Waals surface area contributed by atoms with Gasteiger partial charge in [0, 0.05) is 73.5 Å². The van der Waals surface area contributed by atoms with Gasteiger partial charge in [-0.15, -0.1) is 13.2 Å². The molecule has 45 heavy (non-hydrogen) atoms. The highest BCUT2D eigenvalue weighted by Crippen LogP contribution is 2.41. The summed E-state index contributed by atoms with van der Waals surface area (Å²) in [4.78, 5) is 13.5. The van der Waals surface area contributed by atoms with E-state index in [1.54, 1.807) is 18.6 Å². The van der Waals surface area contributed by atoms with Crippen LogP contribution in [0.15, 0.2) is 62.1 Å². The molecule has 2 aromatic heterocycles. The molecule has 0 amide bonds. The molecule has 0 unspecified atom stereocenters. The second-order valence-corrected chi connectivity index (χ2v) is 13.7. The van der Waals surface area contributed by atoms with E-state index in [1.807, 2.05) is 35.3 Å². The summed E-state index contributed by atoms with van der Waals surface area (Å²) < 4.78 is 0. The van der Waals surface area contributed by atoms with Crippen molar-refractivity contribution in [2.75, 3.05) is 56.9 Å². The van der Waals surface area contributed by atoms with Gasteiger partial charge in [-0.25, -0.2) is 9.99 Å². The summed E-state index contributed by atoms with van der Waals surface area (Å²) in [6, 6.07) is 9.84. The predicted octanol–water partition coefficient (Wildman–Crippen LogP) is 6.66. The van der Waals surface area contributed by atoms with Crippen molar-refractivity contribution < 1.29 is 0 Å². The molecule has 3 aliphatic rings. The lowest BCUT2D eigenvalue weighted by molar-refractivity contribution is 0.196. The van der Waals surface area contributed by atoms with Crippen LogP contribution in [0.3, 0.4) is 0 Å². The van der Waals surface area contributed by atoms with E-state index in [-0.39, 0.29) is 5.92 Å². The Morgan fingerprint density at radius 1 is 1.04 bits per heavy atom. The van der Waals surface area contributed by atoms with Crippen LogP contribution < -0.4 is 16.5 Å². The van der Waals surface area contributed by atoms with Gasteiger partial charge in [0.1, 0.15) is 5.82 Å². The minimum atomic E-state index is 0.0871. The molecule has 3 saturated heterocycles. The second-order valence-electron chi connectivity index (χ2n) is 12.9. The average Bonchev–Trinajstić information content (AvgIpc) is 3.42. The van der Waals surface area contributed by atoms with Crippen molar-refractivity contribution in [1.29, 1.82) is 5.41 Å². The fourth-order valence-corrected chi connectivity index (χ4v) is 7.28. The number of benzene rings is 1. The highest BCUT2D eigenvalue weighted by molar-refractivity contribution is 6.35. The molecule has 3 aliphatic heterocycles. The molecule has 5 N–H and O–H groups in total. The largest absolute Gasteiger partial charge is 0.398 e. The zero-order valence-electron chi connectivity index (χ0n) is 26.9. The maximum atomic E-state index is 8.82. The molecule has 5 heterocycles. The number of nitrogens with two attached hydrogens (primary N) is 2. The number of likely N-dealkylation sites (tertiary alicyclic amines) is 1.